The van der Waals surface area contributed by atoms with Gasteiger partial charge >= 0.3 is 0 Å². The quantitative estimate of drug-likeness (QED) is 0.749. The zero-order valence-electron chi connectivity index (χ0n) is 11.4. The van der Waals surface area contributed by atoms with Crippen LogP contribution in [0.1, 0.15) is 34.1 Å². The molecule has 16 heavy (non-hydrogen) atoms. The first-order valence-corrected chi connectivity index (χ1v) is 6.64. The molecule has 0 aromatic heterocycles. The molecule has 1 fully saturated rings. The number of rotatable bonds is 6. The van der Waals surface area contributed by atoms with Gasteiger partial charge in [-0.15, -0.1) is 0 Å². The Hall–Kier alpha value is -0.120. The molecule has 0 aliphatic carbocycles. The van der Waals surface area contributed by atoms with E-state index in [0.29, 0.717) is 11.5 Å². The van der Waals surface area contributed by atoms with Gasteiger partial charge in [-0.3, -0.25) is 4.90 Å². The topological polar surface area (TPSA) is 24.5 Å². The molecular formula is C13H28N2O. The minimum atomic E-state index is 0.396. The van der Waals surface area contributed by atoms with Crippen LogP contribution in [0.15, 0.2) is 0 Å². The summed E-state index contributed by atoms with van der Waals surface area (Å²) in [5, 5.41) is 3.48. The summed E-state index contributed by atoms with van der Waals surface area (Å²) < 4.78 is 5.58. The van der Waals surface area contributed by atoms with Gasteiger partial charge in [-0.05, 0) is 25.3 Å². The molecule has 0 bridgehead atoms. The average molecular weight is 228 g/mol. The number of ether oxygens (including phenoxy) is 1. The Morgan fingerprint density at radius 2 is 2.19 bits per heavy atom. The molecule has 0 spiro atoms. The molecule has 0 amide bonds. The van der Waals surface area contributed by atoms with Crippen LogP contribution in [0, 0.1) is 5.41 Å². The number of nitrogens with one attached hydrogen (secondary N) is 1. The lowest BCUT2D eigenvalue weighted by Crippen LogP contribution is -2.48. The normalized spacial score (nSPS) is 26.6. The van der Waals surface area contributed by atoms with Crippen LogP contribution in [-0.4, -0.2) is 50.3 Å². The third-order valence-electron chi connectivity index (χ3n) is 3.59. The Morgan fingerprint density at radius 3 is 2.75 bits per heavy atom. The molecule has 1 saturated heterocycles. The van der Waals surface area contributed by atoms with Gasteiger partial charge < -0.3 is 10.1 Å². The molecule has 2 atom stereocenters. The van der Waals surface area contributed by atoms with Gasteiger partial charge in [0.2, 0.25) is 0 Å². The molecular weight excluding hydrogens is 200 g/mol. The Kier molecular flexibility index (Phi) is 5.73. The average Bonchev–Trinajstić information content (AvgIpc) is 2.26. The number of hydrogen-bond acceptors (Lipinski definition) is 3. The maximum absolute atomic E-state index is 5.58. The van der Waals surface area contributed by atoms with E-state index < -0.39 is 0 Å². The molecule has 1 aliphatic heterocycles. The summed E-state index contributed by atoms with van der Waals surface area (Å²) in [5.74, 6) is 0. The number of hydrogen-bond donors (Lipinski definition) is 1. The fraction of sp³-hybridized carbons (Fsp3) is 1.00. The van der Waals surface area contributed by atoms with Gasteiger partial charge in [-0.25, -0.2) is 0 Å². The van der Waals surface area contributed by atoms with E-state index in [1.807, 2.05) is 0 Å². The van der Waals surface area contributed by atoms with Crippen molar-refractivity contribution in [2.24, 2.45) is 5.41 Å². The molecule has 96 valence electrons. The molecule has 1 heterocycles. The first-order valence-electron chi connectivity index (χ1n) is 6.64. The maximum Gasteiger partial charge on any atom is 0.0674 e. The van der Waals surface area contributed by atoms with E-state index in [1.165, 1.54) is 13.0 Å². The number of morpholine rings is 1. The van der Waals surface area contributed by atoms with Crippen LogP contribution in [0.4, 0.5) is 0 Å². The molecule has 0 aromatic carbocycles. The molecule has 1 aliphatic rings. The summed E-state index contributed by atoms with van der Waals surface area (Å²) in [6, 6.07) is 0. The first-order chi connectivity index (χ1) is 7.59. The highest BCUT2D eigenvalue weighted by Crippen LogP contribution is 2.22. The van der Waals surface area contributed by atoms with Crippen molar-refractivity contribution < 1.29 is 4.74 Å². The fourth-order valence-electron chi connectivity index (χ4n) is 2.29. The van der Waals surface area contributed by atoms with Gasteiger partial charge in [-0.1, -0.05) is 20.8 Å². The van der Waals surface area contributed by atoms with Crippen LogP contribution in [0.5, 0.6) is 0 Å². The molecule has 3 heteroatoms. The highest BCUT2D eigenvalue weighted by atomic mass is 16.5. The van der Waals surface area contributed by atoms with Crippen molar-refractivity contribution in [3.05, 3.63) is 0 Å². The minimum absolute atomic E-state index is 0.396. The van der Waals surface area contributed by atoms with Crippen molar-refractivity contribution in [3.63, 3.8) is 0 Å². The standard InChI is InChI=1S/C13H28N2O/c1-5-13(4,10-14-6-2)11-15-7-8-16-12(3)9-15/h12,14H,5-11H2,1-4H3. The van der Waals surface area contributed by atoms with Crippen molar-refractivity contribution in [2.45, 2.75) is 40.2 Å². The van der Waals surface area contributed by atoms with Gasteiger partial charge in [0.1, 0.15) is 0 Å². The summed E-state index contributed by atoms with van der Waals surface area (Å²) in [6.45, 7) is 15.4. The van der Waals surface area contributed by atoms with E-state index in [0.717, 1.165) is 32.8 Å². The fourth-order valence-corrected chi connectivity index (χ4v) is 2.29. The molecule has 0 radical (unpaired) electrons. The highest BCUT2D eigenvalue weighted by Gasteiger charge is 2.27. The summed E-state index contributed by atoms with van der Waals surface area (Å²) in [7, 11) is 0. The second kappa shape index (κ2) is 6.58. The van der Waals surface area contributed by atoms with Crippen LogP contribution in [0.3, 0.4) is 0 Å². The SMILES string of the molecule is CCNCC(C)(CC)CN1CCOC(C)C1. The molecule has 0 saturated carbocycles. The Bertz CT molecular complexity index is 198. The van der Waals surface area contributed by atoms with Crippen LogP contribution >= 0.6 is 0 Å². The number of nitrogens with zero attached hydrogens (tertiary/aromatic N) is 1. The lowest BCUT2D eigenvalue weighted by atomic mass is 9.86. The van der Waals surface area contributed by atoms with Crippen molar-refractivity contribution >= 4 is 0 Å². The van der Waals surface area contributed by atoms with Crippen LogP contribution in [0.2, 0.25) is 0 Å². The van der Waals surface area contributed by atoms with E-state index in [9.17, 15) is 0 Å². The highest BCUT2D eigenvalue weighted by molar-refractivity contribution is 4.81. The van der Waals surface area contributed by atoms with E-state index in [2.05, 4.69) is 37.9 Å². The third kappa shape index (κ3) is 4.40. The zero-order chi connectivity index (χ0) is 12.0. The van der Waals surface area contributed by atoms with Crippen molar-refractivity contribution in [1.82, 2.24) is 10.2 Å². The second-order valence-corrected chi connectivity index (χ2v) is 5.36. The minimum Gasteiger partial charge on any atom is -0.376 e. The predicted molar refractivity (Wildman–Crippen MR) is 68.8 cm³/mol. The summed E-state index contributed by atoms with van der Waals surface area (Å²) >= 11 is 0. The first kappa shape index (κ1) is 13.9. The van der Waals surface area contributed by atoms with Crippen molar-refractivity contribution in [2.75, 3.05) is 39.3 Å². The predicted octanol–water partition coefficient (Wildman–Crippen LogP) is 1.73. The lowest BCUT2D eigenvalue weighted by Gasteiger charge is -2.38. The molecule has 0 aromatic rings. The summed E-state index contributed by atoms with van der Waals surface area (Å²) in [4.78, 5) is 2.55. The van der Waals surface area contributed by atoms with Crippen molar-refractivity contribution in [1.29, 1.82) is 0 Å². The molecule has 2 unspecified atom stereocenters. The van der Waals surface area contributed by atoms with E-state index in [4.69, 9.17) is 4.74 Å². The van der Waals surface area contributed by atoms with Crippen LogP contribution < -0.4 is 5.32 Å². The summed E-state index contributed by atoms with van der Waals surface area (Å²) in [5.41, 5.74) is 0.396. The van der Waals surface area contributed by atoms with Gasteiger partial charge in [0.05, 0.1) is 12.7 Å². The van der Waals surface area contributed by atoms with Gasteiger partial charge in [-0.2, -0.15) is 0 Å². The Morgan fingerprint density at radius 1 is 1.44 bits per heavy atom. The Labute approximate surface area is 101 Å². The second-order valence-electron chi connectivity index (χ2n) is 5.36. The zero-order valence-corrected chi connectivity index (χ0v) is 11.4. The molecule has 1 N–H and O–H groups in total. The smallest absolute Gasteiger partial charge is 0.0674 e. The lowest BCUT2D eigenvalue weighted by molar-refractivity contribution is -0.0310. The van der Waals surface area contributed by atoms with Crippen LogP contribution in [0.25, 0.3) is 0 Å². The molecule has 3 nitrogen and oxygen atoms in total. The van der Waals surface area contributed by atoms with E-state index in [1.54, 1.807) is 0 Å². The van der Waals surface area contributed by atoms with Gasteiger partial charge in [0.25, 0.3) is 0 Å². The summed E-state index contributed by atoms with van der Waals surface area (Å²) in [6.07, 6.45) is 1.63. The van der Waals surface area contributed by atoms with Gasteiger partial charge in [0.15, 0.2) is 0 Å². The monoisotopic (exact) mass is 228 g/mol. The van der Waals surface area contributed by atoms with Gasteiger partial charge in [0, 0.05) is 26.2 Å². The van der Waals surface area contributed by atoms with Crippen molar-refractivity contribution in [3.8, 4) is 0 Å². The Balaban J connectivity index is 2.41. The van der Waals surface area contributed by atoms with E-state index in [-0.39, 0.29) is 0 Å². The largest absolute Gasteiger partial charge is 0.376 e. The maximum atomic E-state index is 5.58. The third-order valence-corrected chi connectivity index (χ3v) is 3.59. The molecule has 1 rings (SSSR count). The van der Waals surface area contributed by atoms with Crippen LogP contribution in [-0.2, 0) is 4.74 Å². The van der Waals surface area contributed by atoms with E-state index >= 15 is 0 Å².